The van der Waals surface area contributed by atoms with Gasteiger partial charge in [0.2, 0.25) is 6.04 Å². The minimum absolute atomic E-state index is 0.0583. The van der Waals surface area contributed by atoms with Crippen LogP contribution in [-0.4, -0.2) is 21.7 Å². The van der Waals surface area contributed by atoms with E-state index in [0.29, 0.717) is 0 Å². The minimum atomic E-state index is -1.07. The molecule has 86 valence electrons. The van der Waals surface area contributed by atoms with Crippen molar-refractivity contribution in [2.24, 2.45) is 0 Å². The fourth-order valence-electron chi connectivity index (χ4n) is 1.49. The molecule has 1 unspecified atom stereocenters. The Bertz CT molecular complexity index is 410. The van der Waals surface area contributed by atoms with Crippen LogP contribution in [0.25, 0.3) is 0 Å². The molecule has 0 aromatic carbocycles. The van der Waals surface area contributed by atoms with E-state index in [1.165, 1.54) is 19.1 Å². The predicted molar refractivity (Wildman–Crippen MR) is 53.9 cm³/mol. The van der Waals surface area contributed by atoms with Gasteiger partial charge in [-0.15, -0.1) is 0 Å². The molecule has 7 heteroatoms. The quantitative estimate of drug-likeness (QED) is 0.527. The van der Waals surface area contributed by atoms with Crippen LogP contribution in [-0.2, 0) is 4.79 Å². The molecule has 0 heterocycles. The zero-order valence-electron chi connectivity index (χ0n) is 8.58. The largest absolute Gasteiger partial charge is 0.300 e. The molecule has 0 aromatic heterocycles. The van der Waals surface area contributed by atoms with Crippen LogP contribution in [0, 0.1) is 20.2 Å². The van der Waals surface area contributed by atoms with Crippen molar-refractivity contribution in [3.05, 3.63) is 43.7 Å². The lowest BCUT2D eigenvalue weighted by Crippen LogP contribution is -2.23. The second kappa shape index (κ2) is 4.65. The third kappa shape index (κ3) is 2.72. The van der Waals surface area contributed by atoms with Crippen LogP contribution in [0.1, 0.15) is 19.8 Å². The first-order valence-corrected chi connectivity index (χ1v) is 4.59. The van der Waals surface area contributed by atoms with Gasteiger partial charge in [0.1, 0.15) is 12.2 Å². The molecule has 0 saturated carbocycles. The molecule has 1 atom stereocenters. The van der Waals surface area contributed by atoms with E-state index in [-0.39, 0.29) is 29.9 Å². The van der Waals surface area contributed by atoms with E-state index in [0.717, 1.165) is 0 Å². The SMILES string of the molecule is CC(=O)CC1=C([N+](=O)[O-])CC([N+](=O)[O-])C=C1. The van der Waals surface area contributed by atoms with Crippen LogP contribution in [0.15, 0.2) is 23.4 Å². The van der Waals surface area contributed by atoms with Crippen molar-refractivity contribution in [1.29, 1.82) is 0 Å². The number of carbonyl (C=O) groups is 1. The zero-order valence-corrected chi connectivity index (χ0v) is 8.58. The fourth-order valence-corrected chi connectivity index (χ4v) is 1.49. The topological polar surface area (TPSA) is 103 Å². The van der Waals surface area contributed by atoms with Crippen LogP contribution in [0.5, 0.6) is 0 Å². The Hall–Kier alpha value is -2.05. The van der Waals surface area contributed by atoms with Gasteiger partial charge in [-0.1, -0.05) is 0 Å². The summed E-state index contributed by atoms with van der Waals surface area (Å²) in [6.07, 6.45) is 2.26. The fraction of sp³-hybridized carbons (Fsp3) is 0.444. The lowest BCUT2D eigenvalue weighted by molar-refractivity contribution is -0.518. The van der Waals surface area contributed by atoms with Crippen molar-refractivity contribution >= 4 is 5.78 Å². The first-order chi connectivity index (χ1) is 7.41. The van der Waals surface area contributed by atoms with E-state index >= 15 is 0 Å². The van der Waals surface area contributed by atoms with Crippen LogP contribution in [0.2, 0.25) is 0 Å². The van der Waals surface area contributed by atoms with Crippen molar-refractivity contribution in [2.45, 2.75) is 25.8 Å². The van der Waals surface area contributed by atoms with Gasteiger partial charge >= 0.3 is 0 Å². The Morgan fingerprint density at radius 1 is 1.50 bits per heavy atom. The highest BCUT2D eigenvalue weighted by Crippen LogP contribution is 2.23. The van der Waals surface area contributed by atoms with Gasteiger partial charge in [0.05, 0.1) is 4.92 Å². The monoisotopic (exact) mass is 226 g/mol. The van der Waals surface area contributed by atoms with Crippen molar-refractivity contribution in [3.63, 3.8) is 0 Å². The van der Waals surface area contributed by atoms with Crippen molar-refractivity contribution in [1.82, 2.24) is 0 Å². The van der Waals surface area contributed by atoms with E-state index in [1.54, 1.807) is 0 Å². The molecule has 1 aliphatic rings. The lowest BCUT2D eigenvalue weighted by atomic mass is 9.96. The highest BCUT2D eigenvalue weighted by molar-refractivity contribution is 5.79. The molecule has 0 spiro atoms. The lowest BCUT2D eigenvalue weighted by Gasteiger charge is -2.11. The molecule has 0 amide bonds. The molecular formula is C9H10N2O5. The summed E-state index contributed by atoms with van der Waals surface area (Å²) in [4.78, 5) is 30.8. The summed E-state index contributed by atoms with van der Waals surface area (Å²) >= 11 is 0. The standard InChI is InChI=1S/C9H10N2O5/c1-6(12)4-7-2-3-8(10(13)14)5-9(7)11(15)16/h2-3,8H,4-5H2,1H3. The van der Waals surface area contributed by atoms with Crippen LogP contribution >= 0.6 is 0 Å². The zero-order chi connectivity index (χ0) is 12.3. The Morgan fingerprint density at radius 3 is 2.56 bits per heavy atom. The van der Waals surface area contributed by atoms with E-state index in [2.05, 4.69) is 0 Å². The van der Waals surface area contributed by atoms with Gasteiger partial charge in [-0.3, -0.25) is 25.0 Å². The van der Waals surface area contributed by atoms with E-state index in [1.807, 2.05) is 0 Å². The second-order valence-electron chi connectivity index (χ2n) is 3.52. The Balaban J connectivity index is 2.99. The third-order valence-electron chi connectivity index (χ3n) is 2.22. The van der Waals surface area contributed by atoms with Crippen LogP contribution in [0.4, 0.5) is 0 Å². The van der Waals surface area contributed by atoms with Crippen molar-refractivity contribution < 1.29 is 14.6 Å². The summed E-state index contributed by atoms with van der Waals surface area (Å²) < 4.78 is 0. The van der Waals surface area contributed by atoms with Gasteiger partial charge in [-0.25, -0.2) is 0 Å². The number of nitro groups is 2. The van der Waals surface area contributed by atoms with E-state index < -0.39 is 15.9 Å². The molecule has 0 N–H and O–H groups in total. The summed E-state index contributed by atoms with van der Waals surface area (Å²) in [5.74, 6) is -0.210. The summed E-state index contributed by atoms with van der Waals surface area (Å²) in [5.41, 5.74) is 0.0231. The average molecular weight is 226 g/mol. The summed E-state index contributed by atoms with van der Waals surface area (Å²) in [6, 6.07) is -1.07. The number of rotatable bonds is 4. The molecule has 0 aliphatic heterocycles. The van der Waals surface area contributed by atoms with Gasteiger partial charge in [0, 0.05) is 16.9 Å². The number of hydrogen-bond donors (Lipinski definition) is 0. The normalized spacial score (nSPS) is 19.7. The number of carbonyl (C=O) groups excluding carboxylic acids is 1. The van der Waals surface area contributed by atoms with Crippen LogP contribution in [0.3, 0.4) is 0 Å². The third-order valence-corrected chi connectivity index (χ3v) is 2.22. The molecule has 1 rings (SSSR count). The summed E-state index contributed by atoms with van der Waals surface area (Å²) in [5, 5.41) is 21.2. The molecule has 7 nitrogen and oxygen atoms in total. The predicted octanol–water partition coefficient (Wildman–Crippen LogP) is 1.10. The number of hydrogen-bond acceptors (Lipinski definition) is 5. The van der Waals surface area contributed by atoms with Gasteiger partial charge in [-0.2, -0.15) is 0 Å². The van der Waals surface area contributed by atoms with Gasteiger partial charge < -0.3 is 0 Å². The average Bonchev–Trinajstić information content (AvgIpc) is 2.16. The summed E-state index contributed by atoms with van der Waals surface area (Å²) in [7, 11) is 0. The van der Waals surface area contributed by atoms with Crippen molar-refractivity contribution in [3.8, 4) is 0 Å². The molecular weight excluding hydrogens is 216 g/mol. The first-order valence-electron chi connectivity index (χ1n) is 4.59. The molecule has 0 fully saturated rings. The number of ketones is 1. The van der Waals surface area contributed by atoms with Gasteiger partial charge in [0.15, 0.2) is 0 Å². The maximum absolute atomic E-state index is 10.9. The molecule has 16 heavy (non-hydrogen) atoms. The Morgan fingerprint density at radius 2 is 2.12 bits per heavy atom. The Labute approximate surface area is 90.7 Å². The molecule has 0 aromatic rings. The molecule has 0 radical (unpaired) electrons. The smallest absolute Gasteiger partial charge is 0.257 e. The van der Waals surface area contributed by atoms with E-state index in [9.17, 15) is 25.0 Å². The summed E-state index contributed by atoms with van der Waals surface area (Å²) in [6.45, 7) is 1.32. The number of Topliss-reactive ketones (excluding diaryl/α,β-unsaturated/α-hetero) is 1. The van der Waals surface area contributed by atoms with Gasteiger partial charge in [0.25, 0.3) is 5.70 Å². The van der Waals surface area contributed by atoms with Crippen LogP contribution < -0.4 is 0 Å². The first kappa shape index (κ1) is 12.0. The molecule has 0 bridgehead atoms. The van der Waals surface area contributed by atoms with Gasteiger partial charge in [-0.05, 0) is 19.1 Å². The molecule has 1 aliphatic carbocycles. The minimum Gasteiger partial charge on any atom is -0.300 e. The second-order valence-corrected chi connectivity index (χ2v) is 3.52. The van der Waals surface area contributed by atoms with Crippen molar-refractivity contribution in [2.75, 3.05) is 0 Å². The maximum Gasteiger partial charge on any atom is 0.257 e. The number of allylic oxidation sites excluding steroid dienone is 2. The number of nitrogens with zero attached hydrogens (tertiary/aromatic N) is 2. The highest BCUT2D eigenvalue weighted by atomic mass is 16.6. The maximum atomic E-state index is 10.9. The van der Waals surface area contributed by atoms with E-state index in [4.69, 9.17) is 0 Å². The highest BCUT2D eigenvalue weighted by Gasteiger charge is 2.31. The Kier molecular flexibility index (Phi) is 3.49. The molecule has 0 saturated heterocycles.